The highest BCUT2D eigenvalue weighted by Crippen LogP contribution is 2.01. The Morgan fingerprint density at radius 3 is 2.88 bits per heavy atom. The lowest BCUT2D eigenvalue weighted by Crippen LogP contribution is -2.26. The van der Waals surface area contributed by atoms with Crippen molar-refractivity contribution in [2.24, 2.45) is 12.2 Å². The topological polar surface area (TPSA) is 97.1 Å². The zero-order chi connectivity index (χ0) is 12.1. The first-order valence-electron chi connectivity index (χ1n) is 4.40. The van der Waals surface area contributed by atoms with Gasteiger partial charge in [-0.1, -0.05) is 11.2 Å². The molecule has 0 aliphatic rings. The van der Waals surface area contributed by atoms with Crippen LogP contribution in [0.3, 0.4) is 0 Å². The number of esters is 1. The van der Waals surface area contributed by atoms with Crippen LogP contribution in [0.5, 0.6) is 0 Å². The van der Waals surface area contributed by atoms with Gasteiger partial charge < -0.3 is 9.30 Å². The molecule has 0 unspecified atom stereocenters. The molecule has 1 rings (SSSR count). The van der Waals surface area contributed by atoms with Crippen LogP contribution in [0.15, 0.2) is 22.0 Å². The molecule has 1 aromatic rings. The monoisotopic (exact) mass is 222 g/mol. The maximum atomic E-state index is 11.7. The minimum atomic E-state index is -0.588. The molecule has 0 aliphatic heterocycles. The largest absolute Gasteiger partial charge is 0.464 e. The average molecular weight is 222 g/mol. The molecule has 0 saturated carbocycles. The smallest absolute Gasteiger partial charge is 0.354 e. The number of hydrogen-bond acceptors (Lipinski definition) is 4. The number of ether oxygens (including phenoxy) is 1. The molecule has 7 nitrogen and oxygen atoms in total. The Morgan fingerprint density at radius 1 is 1.62 bits per heavy atom. The van der Waals surface area contributed by atoms with E-state index in [0.717, 1.165) is 4.57 Å². The third kappa shape index (κ3) is 2.21. The Morgan fingerprint density at radius 2 is 2.31 bits per heavy atom. The molecule has 0 radical (unpaired) electrons. The number of rotatable bonds is 3. The summed E-state index contributed by atoms with van der Waals surface area (Å²) in [5.41, 5.74) is 8.24. The van der Waals surface area contributed by atoms with Crippen molar-refractivity contribution in [3.63, 3.8) is 0 Å². The van der Waals surface area contributed by atoms with Crippen LogP contribution in [0.1, 0.15) is 16.1 Å². The minimum absolute atomic E-state index is 0.0371. The van der Waals surface area contributed by atoms with Crippen molar-refractivity contribution in [2.75, 3.05) is 7.11 Å². The van der Waals surface area contributed by atoms with Crippen molar-refractivity contribution in [3.8, 4) is 0 Å². The van der Waals surface area contributed by atoms with Crippen molar-refractivity contribution in [3.05, 3.63) is 44.2 Å². The van der Waals surface area contributed by atoms with E-state index in [4.69, 9.17) is 5.53 Å². The molecule has 0 bridgehead atoms. The van der Waals surface area contributed by atoms with E-state index in [2.05, 4.69) is 14.8 Å². The molecular weight excluding hydrogens is 212 g/mol. The van der Waals surface area contributed by atoms with Gasteiger partial charge in [0.05, 0.1) is 13.7 Å². The fourth-order valence-corrected chi connectivity index (χ4v) is 1.23. The SMILES string of the molecule is COC(=O)c1ccc(CN=[N+]=[N-])c(=O)n1C. The van der Waals surface area contributed by atoms with Crippen molar-refractivity contribution in [1.29, 1.82) is 0 Å². The van der Waals surface area contributed by atoms with Gasteiger partial charge in [0.2, 0.25) is 0 Å². The van der Waals surface area contributed by atoms with Crippen LogP contribution in [-0.2, 0) is 18.3 Å². The van der Waals surface area contributed by atoms with Crippen LogP contribution in [0.4, 0.5) is 0 Å². The molecule has 0 aliphatic carbocycles. The molecule has 7 heteroatoms. The van der Waals surface area contributed by atoms with Crippen LogP contribution < -0.4 is 5.56 Å². The second kappa shape index (κ2) is 4.99. The van der Waals surface area contributed by atoms with Gasteiger partial charge in [-0.3, -0.25) is 4.79 Å². The van der Waals surface area contributed by atoms with Crippen LogP contribution in [0.2, 0.25) is 0 Å². The van der Waals surface area contributed by atoms with Gasteiger partial charge in [0, 0.05) is 17.5 Å². The maximum absolute atomic E-state index is 11.7. The number of aromatic nitrogens is 1. The summed E-state index contributed by atoms with van der Waals surface area (Å²) >= 11 is 0. The lowest BCUT2D eigenvalue weighted by atomic mass is 10.2. The summed E-state index contributed by atoms with van der Waals surface area (Å²) in [4.78, 5) is 25.5. The first-order chi connectivity index (χ1) is 7.61. The molecular formula is C9H10N4O3. The third-order valence-corrected chi connectivity index (χ3v) is 2.08. The molecule has 1 aromatic heterocycles. The zero-order valence-electron chi connectivity index (χ0n) is 8.88. The molecule has 84 valence electrons. The van der Waals surface area contributed by atoms with Crippen molar-refractivity contribution in [2.45, 2.75) is 6.54 Å². The highest BCUT2D eigenvalue weighted by molar-refractivity contribution is 5.87. The lowest BCUT2D eigenvalue weighted by molar-refractivity contribution is 0.0588. The molecule has 0 aromatic carbocycles. The Balaban J connectivity index is 3.23. The number of methoxy groups -OCH3 is 1. The summed E-state index contributed by atoms with van der Waals surface area (Å²) < 4.78 is 5.67. The fourth-order valence-electron chi connectivity index (χ4n) is 1.23. The summed E-state index contributed by atoms with van der Waals surface area (Å²) in [5, 5.41) is 3.29. The van der Waals surface area contributed by atoms with Gasteiger partial charge in [0.1, 0.15) is 5.69 Å². The first kappa shape index (κ1) is 11.8. The Labute approximate surface area is 90.9 Å². The summed E-state index contributed by atoms with van der Waals surface area (Å²) in [6.07, 6.45) is 0. The second-order valence-corrected chi connectivity index (χ2v) is 2.99. The highest BCUT2D eigenvalue weighted by Gasteiger charge is 2.11. The summed E-state index contributed by atoms with van der Waals surface area (Å²) in [6, 6.07) is 2.90. The molecule has 0 atom stereocenters. The van der Waals surface area contributed by atoms with E-state index in [0.29, 0.717) is 5.56 Å². The Kier molecular flexibility index (Phi) is 3.68. The van der Waals surface area contributed by atoms with E-state index in [1.54, 1.807) is 0 Å². The summed E-state index contributed by atoms with van der Waals surface area (Å²) in [7, 11) is 2.69. The average Bonchev–Trinajstić information content (AvgIpc) is 2.30. The normalized spacial score (nSPS) is 9.38. The van der Waals surface area contributed by atoms with E-state index in [9.17, 15) is 9.59 Å². The Bertz CT molecular complexity index is 514. The molecule has 16 heavy (non-hydrogen) atoms. The van der Waals surface area contributed by atoms with Crippen LogP contribution >= 0.6 is 0 Å². The van der Waals surface area contributed by atoms with Crippen molar-refractivity contribution in [1.82, 2.24) is 4.57 Å². The number of carbonyl (C=O) groups excluding carboxylic acids is 1. The highest BCUT2D eigenvalue weighted by atomic mass is 16.5. The van der Waals surface area contributed by atoms with Gasteiger partial charge in [0.25, 0.3) is 5.56 Å². The molecule has 1 heterocycles. The third-order valence-electron chi connectivity index (χ3n) is 2.08. The van der Waals surface area contributed by atoms with Crippen molar-refractivity contribution < 1.29 is 9.53 Å². The number of carbonyl (C=O) groups is 1. The van der Waals surface area contributed by atoms with E-state index in [-0.39, 0.29) is 17.8 Å². The van der Waals surface area contributed by atoms with Gasteiger partial charge in [-0.25, -0.2) is 4.79 Å². The quantitative estimate of drug-likeness (QED) is 0.330. The molecule has 0 fully saturated rings. The predicted molar refractivity (Wildman–Crippen MR) is 55.9 cm³/mol. The lowest BCUT2D eigenvalue weighted by Gasteiger charge is -2.07. The molecule has 0 spiro atoms. The maximum Gasteiger partial charge on any atom is 0.354 e. The number of pyridine rings is 1. The number of azide groups is 1. The zero-order valence-corrected chi connectivity index (χ0v) is 8.88. The van der Waals surface area contributed by atoms with E-state index in [1.807, 2.05) is 0 Å². The number of hydrogen-bond donors (Lipinski definition) is 0. The van der Waals surface area contributed by atoms with Crippen LogP contribution in [0, 0.1) is 0 Å². The van der Waals surface area contributed by atoms with Gasteiger partial charge in [0.15, 0.2) is 0 Å². The van der Waals surface area contributed by atoms with Crippen LogP contribution in [0.25, 0.3) is 10.4 Å². The predicted octanol–water partition coefficient (Wildman–Crippen LogP) is 0.982. The second-order valence-electron chi connectivity index (χ2n) is 2.99. The first-order valence-corrected chi connectivity index (χ1v) is 4.40. The van der Waals surface area contributed by atoms with Crippen LogP contribution in [-0.4, -0.2) is 17.6 Å². The van der Waals surface area contributed by atoms with Gasteiger partial charge in [-0.2, -0.15) is 0 Å². The standard InChI is InChI=1S/C9H10N4O3/c1-13-7(9(15)16-2)4-3-6(8(13)14)5-11-12-10/h3-4H,5H2,1-2H3. The van der Waals surface area contributed by atoms with E-state index < -0.39 is 5.97 Å². The number of nitrogens with zero attached hydrogens (tertiary/aromatic N) is 4. The van der Waals surface area contributed by atoms with E-state index >= 15 is 0 Å². The van der Waals surface area contributed by atoms with Gasteiger partial charge in [-0.15, -0.1) is 0 Å². The van der Waals surface area contributed by atoms with Crippen molar-refractivity contribution >= 4 is 5.97 Å². The molecule has 0 amide bonds. The summed E-state index contributed by atoms with van der Waals surface area (Å²) in [5.74, 6) is -0.588. The van der Waals surface area contributed by atoms with E-state index in [1.165, 1.54) is 26.3 Å². The van der Waals surface area contributed by atoms with Gasteiger partial charge >= 0.3 is 5.97 Å². The molecule has 0 saturated heterocycles. The Hall–Kier alpha value is -2.27. The van der Waals surface area contributed by atoms with Gasteiger partial charge in [-0.05, 0) is 11.6 Å². The summed E-state index contributed by atoms with van der Waals surface area (Å²) in [6.45, 7) is -0.0371. The molecule has 0 N–H and O–H groups in total. The minimum Gasteiger partial charge on any atom is -0.464 e. The fraction of sp³-hybridized carbons (Fsp3) is 0.333.